The molecule has 3 aromatic rings. The van der Waals surface area contributed by atoms with E-state index in [9.17, 15) is 4.79 Å². The van der Waals surface area contributed by atoms with Crippen molar-refractivity contribution in [1.82, 2.24) is 15.1 Å². The summed E-state index contributed by atoms with van der Waals surface area (Å²) in [6.45, 7) is 5.03. The number of nitrogens with one attached hydrogen (secondary N) is 1. The van der Waals surface area contributed by atoms with E-state index in [0.29, 0.717) is 18.8 Å². The Morgan fingerprint density at radius 1 is 1.33 bits per heavy atom. The third-order valence-electron chi connectivity index (χ3n) is 3.44. The van der Waals surface area contributed by atoms with Crippen LogP contribution in [-0.2, 0) is 6.54 Å². The van der Waals surface area contributed by atoms with Crippen LogP contribution in [0, 0.1) is 13.8 Å². The Bertz CT molecular complexity index is 786. The Hall–Kier alpha value is -2.56. The molecular weight excluding hydrogens is 266 g/mol. The Morgan fingerprint density at radius 2 is 2.14 bits per heavy atom. The highest BCUT2D eigenvalue weighted by molar-refractivity contribution is 5.98. The second kappa shape index (κ2) is 5.44. The molecule has 0 saturated carbocycles. The smallest absolute Gasteiger partial charge is 0.287 e. The number of aromatic nitrogens is 2. The molecule has 0 unspecified atom stereocenters. The molecule has 0 fully saturated rings. The van der Waals surface area contributed by atoms with E-state index in [1.165, 1.54) is 0 Å². The fourth-order valence-corrected chi connectivity index (χ4v) is 2.34. The highest BCUT2D eigenvalue weighted by Crippen LogP contribution is 2.24. The zero-order valence-electron chi connectivity index (χ0n) is 12.1. The van der Waals surface area contributed by atoms with E-state index in [2.05, 4.69) is 10.4 Å². The zero-order valence-corrected chi connectivity index (χ0v) is 12.1. The minimum atomic E-state index is -0.187. The molecule has 21 heavy (non-hydrogen) atoms. The Morgan fingerprint density at radius 3 is 2.86 bits per heavy atom. The lowest BCUT2D eigenvalue weighted by atomic mass is 10.1. The molecular formula is C16H17N3O2. The maximum Gasteiger partial charge on any atom is 0.287 e. The molecule has 2 heterocycles. The normalized spacial score (nSPS) is 11.0. The van der Waals surface area contributed by atoms with E-state index in [1.54, 1.807) is 10.9 Å². The minimum absolute atomic E-state index is 0.187. The number of carbonyl (C=O) groups excluding carboxylic acids is 1. The minimum Gasteiger partial charge on any atom is -0.451 e. The van der Waals surface area contributed by atoms with Gasteiger partial charge >= 0.3 is 0 Å². The van der Waals surface area contributed by atoms with E-state index >= 15 is 0 Å². The number of fused-ring (bicyclic) bond motifs is 1. The number of nitrogens with zero attached hydrogens (tertiary/aromatic N) is 2. The number of benzene rings is 1. The van der Waals surface area contributed by atoms with Gasteiger partial charge in [0.25, 0.3) is 5.91 Å². The van der Waals surface area contributed by atoms with E-state index < -0.39 is 0 Å². The molecule has 2 aromatic heterocycles. The summed E-state index contributed by atoms with van der Waals surface area (Å²) in [5.41, 5.74) is 2.72. The molecule has 0 atom stereocenters. The fourth-order valence-electron chi connectivity index (χ4n) is 2.34. The largest absolute Gasteiger partial charge is 0.451 e. The van der Waals surface area contributed by atoms with Gasteiger partial charge in [-0.3, -0.25) is 9.48 Å². The summed E-state index contributed by atoms with van der Waals surface area (Å²) in [6, 6.07) is 7.66. The predicted octanol–water partition coefficient (Wildman–Crippen LogP) is 2.68. The second-order valence-corrected chi connectivity index (χ2v) is 5.09. The molecule has 108 valence electrons. The standard InChI is InChI=1S/C16H17N3O2/c1-11-9-18-19(10-11)8-7-17-16(20)15-12(2)13-5-3-4-6-14(13)21-15/h3-6,9-10H,7-8H2,1-2H3,(H,17,20). The summed E-state index contributed by atoms with van der Waals surface area (Å²) in [7, 11) is 0. The molecule has 3 rings (SSSR count). The third-order valence-corrected chi connectivity index (χ3v) is 3.44. The Balaban J connectivity index is 1.68. The van der Waals surface area contributed by atoms with Crippen molar-refractivity contribution < 1.29 is 9.21 Å². The SMILES string of the molecule is Cc1cnn(CCNC(=O)c2oc3ccccc3c2C)c1. The Labute approximate surface area is 122 Å². The first-order valence-electron chi connectivity index (χ1n) is 6.90. The van der Waals surface area contributed by atoms with Crippen molar-refractivity contribution in [3.05, 3.63) is 53.5 Å². The molecule has 0 saturated heterocycles. The van der Waals surface area contributed by atoms with Crippen molar-refractivity contribution in [3.63, 3.8) is 0 Å². The van der Waals surface area contributed by atoms with Gasteiger partial charge in [0.05, 0.1) is 12.7 Å². The predicted molar refractivity (Wildman–Crippen MR) is 80.2 cm³/mol. The van der Waals surface area contributed by atoms with E-state index in [4.69, 9.17) is 4.42 Å². The number of amides is 1. The van der Waals surface area contributed by atoms with Gasteiger partial charge in [0.15, 0.2) is 5.76 Å². The summed E-state index contributed by atoms with van der Waals surface area (Å²) in [4.78, 5) is 12.2. The lowest BCUT2D eigenvalue weighted by Gasteiger charge is -2.04. The molecule has 0 spiro atoms. The number of aryl methyl sites for hydroxylation is 2. The first kappa shape index (κ1) is 13.4. The van der Waals surface area contributed by atoms with E-state index in [1.807, 2.05) is 44.3 Å². The van der Waals surface area contributed by atoms with Gasteiger partial charge in [0, 0.05) is 23.7 Å². The van der Waals surface area contributed by atoms with E-state index in [0.717, 1.165) is 22.1 Å². The number of furan rings is 1. The maximum absolute atomic E-state index is 12.2. The monoisotopic (exact) mass is 283 g/mol. The van der Waals surface area contributed by atoms with Crippen molar-refractivity contribution in [1.29, 1.82) is 0 Å². The quantitative estimate of drug-likeness (QED) is 0.800. The zero-order chi connectivity index (χ0) is 14.8. The van der Waals surface area contributed by atoms with Crippen molar-refractivity contribution in [2.24, 2.45) is 0 Å². The number of hydrogen-bond acceptors (Lipinski definition) is 3. The summed E-state index contributed by atoms with van der Waals surface area (Å²) in [5, 5.41) is 8.02. The van der Waals surface area contributed by atoms with Gasteiger partial charge in [0.2, 0.25) is 0 Å². The van der Waals surface area contributed by atoms with Gasteiger partial charge in [-0.2, -0.15) is 5.10 Å². The molecule has 5 nitrogen and oxygen atoms in total. The molecule has 1 N–H and O–H groups in total. The average Bonchev–Trinajstić information content (AvgIpc) is 3.03. The number of rotatable bonds is 4. The van der Waals surface area contributed by atoms with E-state index in [-0.39, 0.29) is 5.91 Å². The van der Waals surface area contributed by atoms with Crippen LogP contribution in [-0.4, -0.2) is 22.2 Å². The van der Waals surface area contributed by atoms with Crippen LogP contribution in [0.15, 0.2) is 41.1 Å². The number of carbonyl (C=O) groups is 1. The van der Waals surface area contributed by atoms with Crippen LogP contribution in [0.2, 0.25) is 0 Å². The maximum atomic E-state index is 12.2. The molecule has 0 bridgehead atoms. The Kier molecular flexibility index (Phi) is 3.48. The van der Waals surface area contributed by atoms with Gasteiger partial charge in [-0.25, -0.2) is 0 Å². The first-order valence-corrected chi connectivity index (χ1v) is 6.90. The van der Waals surface area contributed by atoms with Crippen LogP contribution < -0.4 is 5.32 Å². The van der Waals surface area contributed by atoms with Crippen LogP contribution in [0.5, 0.6) is 0 Å². The lowest BCUT2D eigenvalue weighted by molar-refractivity contribution is 0.0925. The molecule has 0 radical (unpaired) electrons. The van der Waals surface area contributed by atoms with Gasteiger partial charge in [-0.15, -0.1) is 0 Å². The van der Waals surface area contributed by atoms with Crippen molar-refractivity contribution in [2.75, 3.05) is 6.54 Å². The molecule has 5 heteroatoms. The second-order valence-electron chi connectivity index (χ2n) is 5.09. The van der Waals surface area contributed by atoms with Crippen molar-refractivity contribution in [2.45, 2.75) is 20.4 Å². The van der Waals surface area contributed by atoms with Gasteiger partial charge in [-0.1, -0.05) is 18.2 Å². The van der Waals surface area contributed by atoms with Crippen LogP contribution in [0.25, 0.3) is 11.0 Å². The summed E-state index contributed by atoms with van der Waals surface area (Å²) < 4.78 is 7.44. The summed E-state index contributed by atoms with van der Waals surface area (Å²) in [6.07, 6.45) is 3.74. The molecule has 0 aliphatic heterocycles. The lowest BCUT2D eigenvalue weighted by Crippen LogP contribution is -2.27. The third kappa shape index (κ3) is 2.67. The van der Waals surface area contributed by atoms with Crippen LogP contribution in [0.4, 0.5) is 0 Å². The molecule has 1 amide bonds. The fraction of sp³-hybridized carbons (Fsp3) is 0.250. The number of hydrogen-bond donors (Lipinski definition) is 1. The summed E-state index contributed by atoms with van der Waals surface area (Å²) in [5.74, 6) is 0.195. The van der Waals surface area contributed by atoms with Crippen molar-refractivity contribution in [3.8, 4) is 0 Å². The molecule has 0 aliphatic rings. The van der Waals surface area contributed by atoms with Crippen LogP contribution >= 0.6 is 0 Å². The van der Waals surface area contributed by atoms with Gasteiger partial charge in [0.1, 0.15) is 5.58 Å². The highest BCUT2D eigenvalue weighted by atomic mass is 16.3. The van der Waals surface area contributed by atoms with Crippen LogP contribution in [0.1, 0.15) is 21.7 Å². The first-order chi connectivity index (χ1) is 10.1. The van der Waals surface area contributed by atoms with Gasteiger partial charge < -0.3 is 9.73 Å². The number of para-hydroxylation sites is 1. The van der Waals surface area contributed by atoms with Gasteiger partial charge in [-0.05, 0) is 25.5 Å². The van der Waals surface area contributed by atoms with Crippen molar-refractivity contribution >= 4 is 16.9 Å². The topological polar surface area (TPSA) is 60.1 Å². The molecule has 1 aromatic carbocycles. The highest BCUT2D eigenvalue weighted by Gasteiger charge is 2.16. The summed E-state index contributed by atoms with van der Waals surface area (Å²) >= 11 is 0. The molecule has 0 aliphatic carbocycles. The average molecular weight is 283 g/mol. The van der Waals surface area contributed by atoms with Crippen LogP contribution in [0.3, 0.4) is 0 Å².